The summed E-state index contributed by atoms with van der Waals surface area (Å²) in [6.45, 7) is -0.163. The first-order valence-corrected chi connectivity index (χ1v) is 12.1. The second kappa shape index (κ2) is 9.38. The minimum Gasteiger partial charge on any atom is -0.379 e. The van der Waals surface area contributed by atoms with Gasteiger partial charge in [-0.05, 0) is 65.9 Å². The minimum absolute atomic E-state index is 0.0421. The van der Waals surface area contributed by atoms with Gasteiger partial charge in [-0.25, -0.2) is 4.39 Å². The summed E-state index contributed by atoms with van der Waals surface area (Å²) >= 11 is 6.53. The zero-order chi connectivity index (χ0) is 23.6. The van der Waals surface area contributed by atoms with Crippen LogP contribution in [0.4, 0.5) is 9.18 Å². The molecule has 2 amide bonds. The van der Waals surface area contributed by atoms with Gasteiger partial charge in [0.1, 0.15) is 16.5 Å². The van der Waals surface area contributed by atoms with Crippen molar-refractivity contribution in [1.82, 2.24) is 4.90 Å². The monoisotopic (exact) mass is 503 g/mol. The number of hydrogen-bond donors (Lipinski definition) is 0. The summed E-state index contributed by atoms with van der Waals surface area (Å²) in [5, 5.41) is -0.0971. The Bertz CT molecular complexity index is 1360. The van der Waals surface area contributed by atoms with Gasteiger partial charge >= 0.3 is 10.1 Å². The molecule has 1 saturated heterocycles. The average molecular weight is 504 g/mol. The Balaban J connectivity index is 1.47. The van der Waals surface area contributed by atoms with E-state index in [0.29, 0.717) is 10.6 Å². The van der Waals surface area contributed by atoms with Crippen LogP contribution in [0.2, 0.25) is 5.02 Å². The molecule has 0 N–H and O–H groups in total. The normalized spacial score (nSPS) is 15.3. The smallest absolute Gasteiger partial charge is 0.339 e. The van der Waals surface area contributed by atoms with Crippen LogP contribution in [0.1, 0.15) is 11.1 Å². The van der Waals surface area contributed by atoms with E-state index in [1.165, 1.54) is 60.7 Å². The number of thioether (sulfide) groups is 1. The van der Waals surface area contributed by atoms with E-state index in [9.17, 15) is 22.4 Å². The first kappa shape index (κ1) is 23.0. The maximum Gasteiger partial charge on any atom is 0.339 e. The lowest BCUT2D eigenvalue weighted by atomic mass is 10.2. The molecule has 1 aliphatic heterocycles. The fourth-order valence-corrected chi connectivity index (χ4v) is 4.87. The van der Waals surface area contributed by atoms with Gasteiger partial charge in [-0.2, -0.15) is 8.42 Å². The summed E-state index contributed by atoms with van der Waals surface area (Å²) in [4.78, 5) is 26.0. The lowest BCUT2D eigenvalue weighted by Crippen LogP contribution is -2.27. The predicted molar refractivity (Wildman–Crippen MR) is 124 cm³/mol. The summed E-state index contributed by atoms with van der Waals surface area (Å²) in [5.41, 5.74) is 0.798. The molecule has 0 atom stereocenters. The van der Waals surface area contributed by atoms with Gasteiger partial charge in [0.2, 0.25) is 0 Å². The molecule has 3 aromatic rings. The van der Waals surface area contributed by atoms with Gasteiger partial charge in [-0.15, -0.1) is 0 Å². The first-order valence-electron chi connectivity index (χ1n) is 9.52. The highest BCUT2D eigenvalue weighted by Crippen LogP contribution is 2.34. The molecule has 10 heteroatoms. The molecule has 1 heterocycles. The Morgan fingerprint density at radius 2 is 1.64 bits per heavy atom. The third-order valence-electron chi connectivity index (χ3n) is 4.65. The van der Waals surface area contributed by atoms with Crippen molar-refractivity contribution in [1.29, 1.82) is 0 Å². The first-order chi connectivity index (χ1) is 15.7. The second-order valence-corrected chi connectivity index (χ2v) is 9.90. The molecule has 0 radical (unpaired) electrons. The molecule has 0 aromatic heterocycles. The van der Waals surface area contributed by atoms with Gasteiger partial charge in [0, 0.05) is 10.6 Å². The lowest BCUT2D eigenvalue weighted by molar-refractivity contribution is -0.123. The second-order valence-electron chi connectivity index (χ2n) is 6.92. The molecule has 0 bridgehead atoms. The van der Waals surface area contributed by atoms with E-state index in [4.69, 9.17) is 15.8 Å². The van der Waals surface area contributed by atoms with Crippen molar-refractivity contribution in [2.45, 2.75) is 11.4 Å². The molecule has 1 fully saturated rings. The number of nitrogens with zero attached hydrogens (tertiary/aromatic N) is 1. The van der Waals surface area contributed by atoms with E-state index in [1.54, 1.807) is 18.2 Å². The van der Waals surface area contributed by atoms with Crippen LogP contribution >= 0.6 is 23.4 Å². The van der Waals surface area contributed by atoms with Crippen molar-refractivity contribution in [3.8, 4) is 5.75 Å². The molecular weight excluding hydrogens is 489 g/mol. The van der Waals surface area contributed by atoms with Crippen molar-refractivity contribution < 1.29 is 26.6 Å². The predicted octanol–water partition coefficient (Wildman–Crippen LogP) is 5.48. The van der Waals surface area contributed by atoms with Crippen LogP contribution in [0.5, 0.6) is 5.75 Å². The van der Waals surface area contributed by atoms with Crippen LogP contribution in [-0.4, -0.2) is 24.5 Å². The number of hydrogen-bond acceptors (Lipinski definition) is 6. The molecule has 0 saturated carbocycles. The standard InChI is InChI=1S/C23H15ClFNO5S2/c24-17-7-11-19(12-8-17)33(29,30)31-18-9-5-15(6-10-18)13-21-22(27)26(23(28)32-21)14-16-3-1-2-4-20(16)25/h1-13H,14H2/b21-13-. The minimum atomic E-state index is -4.04. The number of halogens is 2. The highest BCUT2D eigenvalue weighted by Gasteiger charge is 2.35. The molecule has 4 rings (SSSR count). The Morgan fingerprint density at radius 3 is 2.30 bits per heavy atom. The van der Waals surface area contributed by atoms with Crippen molar-refractivity contribution in [2.75, 3.05) is 0 Å². The van der Waals surface area contributed by atoms with Crippen molar-refractivity contribution in [2.24, 2.45) is 0 Å². The number of carbonyl (C=O) groups excluding carboxylic acids is 2. The van der Waals surface area contributed by atoms with E-state index in [1.807, 2.05) is 0 Å². The number of amides is 2. The highest BCUT2D eigenvalue weighted by molar-refractivity contribution is 8.18. The third kappa shape index (κ3) is 5.27. The van der Waals surface area contributed by atoms with Crippen LogP contribution in [0.25, 0.3) is 6.08 Å². The van der Waals surface area contributed by atoms with E-state index >= 15 is 0 Å². The fourth-order valence-electron chi connectivity index (χ4n) is 2.98. The summed E-state index contributed by atoms with van der Waals surface area (Å²) < 4.78 is 43.8. The third-order valence-corrected chi connectivity index (χ3v) is 7.07. The van der Waals surface area contributed by atoms with Gasteiger partial charge in [0.15, 0.2) is 0 Å². The van der Waals surface area contributed by atoms with Gasteiger partial charge in [-0.1, -0.05) is 41.9 Å². The zero-order valence-corrected chi connectivity index (χ0v) is 19.2. The maximum absolute atomic E-state index is 13.9. The molecule has 3 aromatic carbocycles. The highest BCUT2D eigenvalue weighted by atomic mass is 35.5. The SMILES string of the molecule is O=C1S/C(=C\c2ccc(OS(=O)(=O)c3ccc(Cl)cc3)cc2)C(=O)N1Cc1ccccc1F. The summed E-state index contributed by atoms with van der Waals surface area (Å²) in [5.74, 6) is -0.946. The van der Waals surface area contributed by atoms with Crippen LogP contribution in [-0.2, 0) is 21.5 Å². The number of benzene rings is 3. The largest absolute Gasteiger partial charge is 0.379 e. The van der Waals surface area contributed by atoms with Gasteiger partial charge in [0.05, 0.1) is 11.4 Å². The molecule has 0 unspecified atom stereocenters. The van der Waals surface area contributed by atoms with Gasteiger partial charge < -0.3 is 4.18 Å². The fraction of sp³-hybridized carbons (Fsp3) is 0.0435. The van der Waals surface area contributed by atoms with E-state index in [0.717, 1.165) is 16.7 Å². The Kier molecular flexibility index (Phi) is 6.55. The molecule has 33 heavy (non-hydrogen) atoms. The van der Waals surface area contributed by atoms with Crippen LogP contribution < -0.4 is 4.18 Å². The van der Waals surface area contributed by atoms with Crippen LogP contribution in [0.3, 0.4) is 0 Å². The van der Waals surface area contributed by atoms with Gasteiger partial charge in [-0.3, -0.25) is 14.5 Å². The van der Waals surface area contributed by atoms with Crippen LogP contribution in [0.15, 0.2) is 82.6 Å². The summed E-state index contributed by atoms with van der Waals surface area (Å²) in [6.07, 6.45) is 1.50. The molecule has 168 valence electrons. The molecule has 0 spiro atoms. The Morgan fingerprint density at radius 1 is 0.970 bits per heavy atom. The zero-order valence-electron chi connectivity index (χ0n) is 16.8. The van der Waals surface area contributed by atoms with E-state index in [2.05, 4.69) is 0 Å². The van der Waals surface area contributed by atoms with E-state index in [-0.39, 0.29) is 27.7 Å². The summed E-state index contributed by atoms with van der Waals surface area (Å²) in [7, 11) is -4.04. The lowest BCUT2D eigenvalue weighted by Gasteiger charge is -2.12. The molecular formula is C23H15ClFNO5S2. The number of rotatable bonds is 6. The Labute approximate surface area is 198 Å². The average Bonchev–Trinajstić information content (AvgIpc) is 3.04. The summed E-state index contributed by atoms with van der Waals surface area (Å²) in [6, 6.07) is 17.5. The van der Waals surface area contributed by atoms with Crippen molar-refractivity contribution in [3.05, 3.63) is 99.7 Å². The molecule has 1 aliphatic rings. The van der Waals surface area contributed by atoms with E-state index < -0.39 is 27.1 Å². The Hall–Kier alpha value is -3.14. The van der Waals surface area contributed by atoms with Crippen molar-refractivity contribution >= 4 is 50.7 Å². The number of carbonyl (C=O) groups is 2. The van der Waals surface area contributed by atoms with Crippen molar-refractivity contribution in [3.63, 3.8) is 0 Å². The number of imide groups is 1. The molecule has 6 nitrogen and oxygen atoms in total. The van der Waals surface area contributed by atoms with Gasteiger partial charge in [0.25, 0.3) is 11.1 Å². The topological polar surface area (TPSA) is 80.8 Å². The maximum atomic E-state index is 13.9. The quantitative estimate of drug-likeness (QED) is 0.327. The van der Waals surface area contributed by atoms with Crippen LogP contribution in [0, 0.1) is 5.82 Å². The molecule has 0 aliphatic carbocycles.